The lowest BCUT2D eigenvalue weighted by atomic mass is 9.92. The molecule has 0 amide bonds. The molecule has 4 aromatic carbocycles. The van der Waals surface area contributed by atoms with Gasteiger partial charge in [-0.25, -0.2) is 0 Å². The lowest BCUT2D eigenvalue weighted by Gasteiger charge is -2.20. The molecular formula is C28H26O6. The van der Waals surface area contributed by atoms with Gasteiger partial charge in [-0.15, -0.1) is 0 Å². The summed E-state index contributed by atoms with van der Waals surface area (Å²) < 4.78 is 12.2. The molecular weight excluding hydrogens is 432 g/mol. The number of carboxylic acid groups (broad SMARTS) is 2. The number of hydrogen-bond acceptors (Lipinski definition) is 4. The molecule has 2 N–H and O–H groups in total. The maximum absolute atomic E-state index is 11.0. The van der Waals surface area contributed by atoms with E-state index in [0.29, 0.717) is 24.3 Å². The van der Waals surface area contributed by atoms with Crippen LogP contribution in [0, 0.1) is 0 Å². The van der Waals surface area contributed by atoms with E-state index in [2.05, 4.69) is 18.2 Å². The predicted octanol–water partition coefficient (Wildman–Crippen LogP) is 6.15. The molecule has 0 aliphatic heterocycles. The van der Waals surface area contributed by atoms with Gasteiger partial charge in [0.05, 0.1) is 13.2 Å². The highest BCUT2D eigenvalue weighted by atomic mass is 16.5. The Kier molecular flexibility index (Phi) is 7.28. The fourth-order valence-electron chi connectivity index (χ4n) is 4.07. The van der Waals surface area contributed by atoms with Crippen LogP contribution in [0.1, 0.15) is 25.7 Å². The van der Waals surface area contributed by atoms with E-state index in [9.17, 15) is 9.59 Å². The highest BCUT2D eigenvalue weighted by Gasteiger charge is 2.20. The minimum Gasteiger partial charge on any atom is -0.490 e. The Morgan fingerprint density at radius 3 is 1.97 bits per heavy atom. The van der Waals surface area contributed by atoms with Gasteiger partial charge in [-0.05, 0) is 46.0 Å². The van der Waals surface area contributed by atoms with Crippen molar-refractivity contribution in [2.75, 3.05) is 13.2 Å². The standard InChI is InChI=1S/C28H26O6/c29-25(30)14-6-16-33-24-18-20-9-2-4-12-22(20)27(28(24)34-17-7-15-26(31)32)23-13-5-10-19-8-1-3-11-21(19)23/h1-5,8-13,18H,6-7,14-17H2,(H,29,30)(H,31,32). The summed E-state index contributed by atoms with van der Waals surface area (Å²) in [5, 5.41) is 22.1. The van der Waals surface area contributed by atoms with Crippen molar-refractivity contribution in [1.29, 1.82) is 0 Å². The van der Waals surface area contributed by atoms with Gasteiger partial charge in [-0.2, -0.15) is 0 Å². The Bertz CT molecular complexity index is 1320. The lowest BCUT2D eigenvalue weighted by Crippen LogP contribution is -2.07. The molecule has 0 aliphatic rings. The number of aliphatic carboxylic acids is 2. The van der Waals surface area contributed by atoms with Crippen LogP contribution in [-0.4, -0.2) is 35.4 Å². The second-order valence-electron chi connectivity index (χ2n) is 8.02. The maximum Gasteiger partial charge on any atom is 0.303 e. The summed E-state index contributed by atoms with van der Waals surface area (Å²) in [4.78, 5) is 21.9. The summed E-state index contributed by atoms with van der Waals surface area (Å²) in [6, 6.07) is 24.1. The molecule has 0 saturated carbocycles. The summed E-state index contributed by atoms with van der Waals surface area (Å²) in [7, 11) is 0. The van der Waals surface area contributed by atoms with Crippen molar-refractivity contribution in [3.8, 4) is 22.6 Å². The average molecular weight is 459 g/mol. The number of hydrogen-bond donors (Lipinski definition) is 2. The third-order valence-corrected chi connectivity index (χ3v) is 5.60. The Morgan fingerprint density at radius 1 is 0.676 bits per heavy atom. The van der Waals surface area contributed by atoms with Crippen LogP contribution in [0.4, 0.5) is 0 Å². The fraction of sp³-hybridized carbons (Fsp3) is 0.214. The Hall–Kier alpha value is -4.06. The van der Waals surface area contributed by atoms with E-state index in [1.807, 2.05) is 54.6 Å². The molecule has 34 heavy (non-hydrogen) atoms. The zero-order valence-corrected chi connectivity index (χ0v) is 18.7. The van der Waals surface area contributed by atoms with Crippen molar-refractivity contribution >= 4 is 33.5 Å². The van der Waals surface area contributed by atoms with Crippen LogP contribution in [0.2, 0.25) is 0 Å². The number of carbonyl (C=O) groups is 2. The van der Waals surface area contributed by atoms with E-state index in [1.165, 1.54) is 0 Å². The van der Waals surface area contributed by atoms with Crippen LogP contribution in [0.15, 0.2) is 72.8 Å². The van der Waals surface area contributed by atoms with Crippen LogP contribution in [0.3, 0.4) is 0 Å². The van der Waals surface area contributed by atoms with Crippen LogP contribution in [0.25, 0.3) is 32.7 Å². The second-order valence-corrected chi connectivity index (χ2v) is 8.02. The maximum atomic E-state index is 11.0. The zero-order chi connectivity index (χ0) is 23.9. The van der Waals surface area contributed by atoms with Crippen LogP contribution in [-0.2, 0) is 9.59 Å². The van der Waals surface area contributed by atoms with Gasteiger partial charge in [0, 0.05) is 18.4 Å². The van der Waals surface area contributed by atoms with Crippen molar-refractivity contribution in [1.82, 2.24) is 0 Å². The Morgan fingerprint density at radius 2 is 1.26 bits per heavy atom. The molecule has 0 bridgehead atoms. The molecule has 0 atom stereocenters. The molecule has 0 aromatic heterocycles. The van der Waals surface area contributed by atoms with Gasteiger partial charge in [0.1, 0.15) is 0 Å². The lowest BCUT2D eigenvalue weighted by molar-refractivity contribution is -0.138. The highest BCUT2D eigenvalue weighted by Crippen LogP contribution is 2.46. The van der Waals surface area contributed by atoms with Gasteiger partial charge in [0.2, 0.25) is 0 Å². The SMILES string of the molecule is O=C(O)CCCOc1cc2ccccc2c(-c2cccc3ccccc23)c1OCCCC(=O)O. The monoisotopic (exact) mass is 458 g/mol. The van der Waals surface area contributed by atoms with E-state index in [4.69, 9.17) is 19.7 Å². The van der Waals surface area contributed by atoms with Gasteiger partial charge in [0.25, 0.3) is 0 Å². The van der Waals surface area contributed by atoms with E-state index >= 15 is 0 Å². The Labute approximate surface area is 197 Å². The van der Waals surface area contributed by atoms with Crippen LogP contribution < -0.4 is 9.47 Å². The molecule has 0 heterocycles. The van der Waals surface area contributed by atoms with E-state index in [0.717, 1.165) is 32.7 Å². The first-order valence-electron chi connectivity index (χ1n) is 11.3. The Balaban J connectivity index is 1.85. The van der Waals surface area contributed by atoms with E-state index in [1.54, 1.807) is 0 Å². The molecule has 0 aliphatic carbocycles. The van der Waals surface area contributed by atoms with Crippen LogP contribution in [0.5, 0.6) is 11.5 Å². The molecule has 4 aromatic rings. The van der Waals surface area contributed by atoms with Crippen molar-refractivity contribution in [2.24, 2.45) is 0 Å². The van der Waals surface area contributed by atoms with Crippen molar-refractivity contribution in [3.05, 3.63) is 72.8 Å². The minimum absolute atomic E-state index is 0.00594. The summed E-state index contributed by atoms with van der Waals surface area (Å²) in [6.45, 7) is 0.443. The number of carboxylic acids is 2. The van der Waals surface area contributed by atoms with Crippen molar-refractivity contribution in [3.63, 3.8) is 0 Å². The quantitative estimate of drug-likeness (QED) is 0.262. The van der Waals surface area contributed by atoms with E-state index < -0.39 is 11.9 Å². The molecule has 0 saturated heterocycles. The summed E-state index contributed by atoms with van der Waals surface area (Å²) in [5.74, 6) is -0.691. The predicted molar refractivity (Wildman–Crippen MR) is 132 cm³/mol. The molecule has 0 unspecified atom stereocenters. The molecule has 174 valence electrons. The van der Waals surface area contributed by atoms with Gasteiger partial charge in [-0.3, -0.25) is 9.59 Å². The first kappa shape index (κ1) is 23.1. The molecule has 0 radical (unpaired) electrons. The summed E-state index contributed by atoms with van der Waals surface area (Å²) in [6.07, 6.45) is 0.740. The summed E-state index contributed by atoms with van der Waals surface area (Å²) >= 11 is 0. The van der Waals surface area contributed by atoms with Crippen molar-refractivity contribution in [2.45, 2.75) is 25.7 Å². The average Bonchev–Trinajstić information content (AvgIpc) is 2.83. The topological polar surface area (TPSA) is 93.1 Å². The minimum atomic E-state index is -0.874. The molecule has 6 heteroatoms. The van der Waals surface area contributed by atoms with Crippen LogP contribution >= 0.6 is 0 Å². The zero-order valence-electron chi connectivity index (χ0n) is 18.7. The second kappa shape index (κ2) is 10.7. The fourth-order valence-corrected chi connectivity index (χ4v) is 4.07. The number of rotatable bonds is 11. The first-order chi connectivity index (χ1) is 16.5. The van der Waals surface area contributed by atoms with E-state index in [-0.39, 0.29) is 26.1 Å². The first-order valence-corrected chi connectivity index (χ1v) is 11.3. The molecule has 0 fully saturated rings. The van der Waals surface area contributed by atoms with Gasteiger partial charge in [0.15, 0.2) is 11.5 Å². The number of fused-ring (bicyclic) bond motifs is 2. The third kappa shape index (κ3) is 5.29. The number of benzene rings is 4. The third-order valence-electron chi connectivity index (χ3n) is 5.60. The molecule has 6 nitrogen and oxygen atoms in total. The van der Waals surface area contributed by atoms with Gasteiger partial charge in [-0.1, -0.05) is 66.7 Å². The smallest absolute Gasteiger partial charge is 0.303 e. The summed E-state index contributed by atoms with van der Waals surface area (Å²) in [5.41, 5.74) is 1.86. The van der Waals surface area contributed by atoms with Gasteiger partial charge < -0.3 is 19.7 Å². The number of ether oxygens (including phenoxy) is 2. The molecule has 0 spiro atoms. The van der Waals surface area contributed by atoms with Gasteiger partial charge >= 0.3 is 11.9 Å². The normalized spacial score (nSPS) is 10.9. The highest BCUT2D eigenvalue weighted by molar-refractivity contribution is 6.08. The molecule has 4 rings (SSSR count). The largest absolute Gasteiger partial charge is 0.490 e. The van der Waals surface area contributed by atoms with Crippen molar-refractivity contribution < 1.29 is 29.3 Å².